The molecular weight excluding hydrogens is 350 g/mol. The molecule has 28 heavy (non-hydrogen) atoms. The summed E-state index contributed by atoms with van der Waals surface area (Å²) in [6.45, 7) is 4.23. The van der Waals surface area contributed by atoms with Gasteiger partial charge in [-0.1, -0.05) is 32.0 Å². The van der Waals surface area contributed by atoms with Gasteiger partial charge in [0.05, 0.1) is 11.9 Å². The normalized spacial score (nSPS) is 11.7. The number of imidazole rings is 1. The number of hydrogen-bond acceptors (Lipinski definition) is 3. The Labute approximate surface area is 160 Å². The lowest BCUT2D eigenvalue weighted by Crippen LogP contribution is -2.17. The lowest BCUT2D eigenvalue weighted by Gasteiger charge is -2.13. The number of hydrogen-bond donors (Lipinski definition) is 2. The fourth-order valence-corrected chi connectivity index (χ4v) is 3.63. The summed E-state index contributed by atoms with van der Waals surface area (Å²) in [7, 11) is 0. The van der Waals surface area contributed by atoms with Gasteiger partial charge < -0.3 is 9.97 Å². The zero-order valence-corrected chi connectivity index (χ0v) is 15.6. The van der Waals surface area contributed by atoms with Gasteiger partial charge in [0.25, 0.3) is 0 Å². The molecule has 0 fully saturated rings. The Balaban J connectivity index is 1.74. The standard InChI is InChI=1S/C22H19N5O/c1-13(2)16-5-3-4-6-19(16)27-21-18(25-22(27)28)12-24-20(26-21)15-7-8-17-14(11-15)9-10-23-17/h3-13,23H,1-2H3,(H,25,28). The topological polar surface area (TPSA) is 79.4 Å². The second-order valence-electron chi connectivity index (χ2n) is 7.19. The summed E-state index contributed by atoms with van der Waals surface area (Å²) >= 11 is 0. The van der Waals surface area contributed by atoms with Crippen LogP contribution in [0.3, 0.4) is 0 Å². The largest absolute Gasteiger partial charge is 0.361 e. The molecule has 0 amide bonds. The molecule has 0 bridgehead atoms. The monoisotopic (exact) mass is 369 g/mol. The molecule has 3 aromatic heterocycles. The average molecular weight is 369 g/mol. The van der Waals surface area contributed by atoms with Crippen molar-refractivity contribution in [2.24, 2.45) is 0 Å². The quantitative estimate of drug-likeness (QED) is 0.495. The van der Waals surface area contributed by atoms with Gasteiger partial charge in [-0.05, 0) is 41.8 Å². The summed E-state index contributed by atoms with van der Waals surface area (Å²) in [5.41, 5.74) is 4.91. The van der Waals surface area contributed by atoms with Crippen LogP contribution in [0.4, 0.5) is 0 Å². The molecule has 6 heteroatoms. The number of nitrogens with one attached hydrogen (secondary N) is 2. The predicted octanol–water partition coefficient (Wildman–Crippen LogP) is 4.38. The Hall–Kier alpha value is -3.67. The Morgan fingerprint density at radius 3 is 2.75 bits per heavy atom. The maximum atomic E-state index is 12.7. The van der Waals surface area contributed by atoms with Gasteiger partial charge in [-0.25, -0.2) is 19.3 Å². The number of benzene rings is 2. The summed E-state index contributed by atoms with van der Waals surface area (Å²) in [5.74, 6) is 0.871. The summed E-state index contributed by atoms with van der Waals surface area (Å²) in [6, 6.07) is 16.0. The van der Waals surface area contributed by atoms with Crippen molar-refractivity contribution in [3.05, 3.63) is 77.0 Å². The zero-order valence-electron chi connectivity index (χ0n) is 15.6. The van der Waals surface area contributed by atoms with E-state index in [1.807, 2.05) is 54.7 Å². The number of H-pyrrole nitrogens is 2. The highest BCUT2D eigenvalue weighted by Gasteiger charge is 2.16. The van der Waals surface area contributed by atoms with Crippen LogP contribution in [0.5, 0.6) is 0 Å². The van der Waals surface area contributed by atoms with E-state index in [1.54, 1.807) is 10.8 Å². The lowest BCUT2D eigenvalue weighted by atomic mass is 10.0. The summed E-state index contributed by atoms with van der Waals surface area (Å²) in [6.07, 6.45) is 3.58. The van der Waals surface area contributed by atoms with E-state index in [4.69, 9.17) is 4.98 Å². The number of fused-ring (bicyclic) bond motifs is 2. The molecule has 0 aliphatic carbocycles. The third-order valence-electron chi connectivity index (χ3n) is 5.04. The molecule has 0 radical (unpaired) electrons. The molecule has 0 unspecified atom stereocenters. The van der Waals surface area contributed by atoms with Gasteiger partial charge in [0.2, 0.25) is 0 Å². The number of rotatable bonds is 3. The molecule has 5 aromatic rings. The third-order valence-corrected chi connectivity index (χ3v) is 5.04. The van der Waals surface area contributed by atoms with Crippen LogP contribution in [0.15, 0.2) is 65.7 Å². The lowest BCUT2D eigenvalue weighted by molar-refractivity contribution is 0.842. The van der Waals surface area contributed by atoms with Crippen molar-refractivity contribution < 1.29 is 0 Å². The zero-order chi connectivity index (χ0) is 19.3. The van der Waals surface area contributed by atoms with Gasteiger partial charge in [0.1, 0.15) is 5.52 Å². The van der Waals surface area contributed by atoms with E-state index >= 15 is 0 Å². The summed E-state index contributed by atoms with van der Waals surface area (Å²) in [5, 5.41) is 1.10. The predicted molar refractivity (Wildman–Crippen MR) is 111 cm³/mol. The minimum Gasteiger partial charge on any atom is -0.361 e. The van der Waals surface area contributed by atoms with Gasteiger partial charge >= 0.3 is 5.69 Å². The first kappa shape index (κ1) is 16.5. The van der Waals surface area contributed by atoms with Crippen LogP contribution in [0.25, 0.3) is 39.1 Å². The van der Waals surface area contributed by atoms with Crippen molar-refractivity contribution in [2.75, 3.05) is 0 Å². The van der Waals surface area contributed by atoms with Crippen LogP contribution in [-0.2, 0) is 0 Å². The second-order valence-corrected chi connectivity index (χ2v) is 7.19. The summed E-state index contributed by atoms with van der Waals surface area (Å²) in [4.78, 5) is 28.0. The third kappa shape index (κ3) is 2.53. The van der Waals surface area contributed by atoms with Crippen molar-refractivity contribution in [1.82, 2.24) is 24.5 Å². The van der Waals surface area contributed by atoms with Gasteiger partial charge in [0, 0.05) is 22.7 Å². The van der Waals surface area contributed by atoms with E-state index in [1.165, 1.54) is 0 Å². The molecule has 0 aliphatic heterocycles. The number of aromatic amines is 2. The van der Waals surface area contributed by atoms with Gasteiger partial charge in [-0.15, -0.1) is 0 Å². The van der Waals surface area contributed by atoms with E-state index in [0.29, 0.717) is 17.0 Å². The highest BCUT2D eigenvalue weighted by atomic mass is 16.1. The molecule has 0 saturated heterocycles. The first-order valence-corrected chi connectivity index (χ1v) is 9.26. The fourth-order valence-electron chi connectivity index (χ4n) is 3.63. The minimum atomic E-state index is -0.212. The van der Waals surface area contributed by atoms with Gasteiger partial charge in [0.15, 0.2) is 11.5 Å². The van der Waals surface area contributed by atoms with Crippen molar-refractivity contribution >= 4 is 22.1 Å². The Morgan fingerprint density at radius 2 is 1.89 bits per heavy atom. The van der Waals surface area contributed by atoms with Crippen LogP contribution in [0.1, 0.15) is 25.3 Å². The van der Waals surface area contributed by atoms with E-state index < -0.39 is 0 Å². The van der Waals surface area contributed by atoms with Crippen LogP contribution >= 0.6 is 0 Å². The highest BCUT2D eigenvalue weighted by molar-refractivity contribution is 5.84. The van der Waals surface area contributed by atoms with Crippen LogP contribution in [-0.4, -0.2) is 24.5 Å². The van der Waals surface area contributed by atoms with Crippen molar-refractivity contribution in [1.29, 1.82) is 0 Å². The van der Waals surface area contributed by atoms with Crippen LogP contribution < -0.4 is 5.69 Å². The molecule has 0 saturated carbocycles. The number of para-hydroxylation sites is 1. The highest BCUT2D eigenvalue weighted by Crippen LogP contribution is 2.26. The van der Waals surface area contributed by atoms with Gasteiger partial charge in [-0.3, -0.25) is 0 Å². The molecule has 0 aliphatic rings. The second kappa shape index (κ2) is 6.20. The van der Waals surface area contributed by atoms with E-state index in [-0.39, 0.29) is 11.6 Å². The van der Waals surface area contributed by atoms with Crippen molar-refractivity contribution in [3.8, 4) is 17.1 Å². The maximum Gasteiger partial charge on any atom is 0.332 e. The van der Waals surface area contributed by atoms with Crippen LogP contribution in [0, 0.1) is 0 Å². The first-order chi connectivity index (χ1) is 13.6. The van der Waals surface area contributed by atoms with Gasteiger partial charge in [-0.2, -0.15) is 0 Å². The van der Waals surface area contributed by atoms with E-state index in [0.717, 1.165) is 27.7 Å². The molecule has 0 atom stereocenters. The van der Waals surface area contributed by atoms with Crippen molar-refractivity contribution in [3.63, 3.8) is 0 Å². The average Bonchev–Trinajstić information content (AvgIpc) is 3.29. The smallest absolute Gasteiger partial charge is 0.332 e. The molecular formula is C22H19N5O. The summed E-state index contributed by atoms with van der Waals surface area (Å²) < 4.78 is 1.64. The molecule has 3 heterocycles. The Morgan fingerprint density at radius 1 is 1.04 bits per heavy atom. The maximum absolute atomic E-state index is 12.7. The molecule has 5 rings (SSSR count). The van der Waals surface area contributed by atoms with E-state index in [9.17, 15) is 4.79 Å². The Kier molecular flexibility index (Phi) is 3.65. The first-order valence-electron chi connectivity index (χ1n) is 9.26. The van der Waals surface area contributed by atoms with Crippen molar-refractivity contribution in [2.45, 2.75) is 19.8 Å². The molecule has 138 valence electrons. The molecule has 2 aromatic carbocycles. The molecule has 6 nitrogen and oxygen atoms in total. The fraction of sp³-hybridized carbons (Fsp3) is 0.136. The minimum absolute atomic E-state index is 0.212. The van der Waals surface area contributed by atoms with Crippen LogP contribution in [0.2, 0.25) is 0 Å². The Bertz CT molecular complexity index is 1370. The molecule has 2 N–H and O–H groups in total. The number of aromatic nitrogens is 5. The van der Waals surface area contributed by atoms with E-state index in [2.05, 4.69) is 28.8 Å². The molecule has 0 spiro atoms. The number of nitrogens with zero attached hydrogens (tertiary/aromatic N) is 3. The SMILES string of the molecule is CC(C)c1ccccc1-n1c(=O)[nH]c2cnc(-c3ccc4[nH]ccc4c3)nc21.